The summed E-state index contributed by atoms with van der Waals surface area (Å²) >= 11 is 0. The fourth-order valence-electron chi connectivity index (χ4n) is 2.67. The number of aliphatic carboxylic acids is 1. The zero-order valence-corrected chi connectivity index (χ0v) is 12.0. The summed E-state index contributed by atoms with van der Waals surface area (Å²) < 4.78 is 26.9. The number of carbonyl (C=O) groups is 1. The molecular formula is C14H14N2O4S. The molecule has 2 aliphatic rings. The van der Waals surface area contributed by atoms with Gasteiger partial charge in [-0.15, -0.1) is 0 Å². The molecule has 0 aliphatic carbocycles. The molecule has 6 nitrogen and oxygen atoms in total. The van der Waals surface area contributed by atoms with Gasteiger partial charge in [-0.25, -0.2) is 4.79 Å². The molecule has 1 aromatic rings. The van der Waals surface area contributed by atoms with Crippen LogP contribution in [0.3, 0.4) is 0 Å². The molecule has 0 saturated carbocycles. The Kier molecular flexibility index (Phi) is 3.29. The van der Waals surface area contributed by atoms with Gasteiger partial charge in [-0.2, -0.15) is 12.8 Å². The number of nitrogens with zero attached hydrogens (tertiary/aromatic N) is 2. The summed E-state index contributed by atoms with van der Waals surface area (Å²) in [6, 6.07) is 7.94. The van der Waals surface area contributed by atoms with Gasteiger partial charge < -0.3 is 10.0 Å². The van der Waals surface area contributed by atoms with Crippen LogP contribution in [0.5, 0.6) is 0 Å². The number of aryl methyl sites for hydroxylation is 1. The molecule has 3 rings (SSSR count). The number of carboxylic acids is 1. The van der Waals surface area contributed by atoms with Gasteiger partial charge in [0.25, 0.3) is 10.0 Å². The van der Waals surface area contributed by atoms with Crippen LogP contribution < -0.4 is 4.90 Å². The highest BCUT2D eigenvalue weighted by Crippen LogP contribution is 2.27. The Morgan fingerprint density at radius 2 is 2.10 bits per heavy atom. The number of carboxylic acid groups (broad SMARTS) is 1. The van der Waals surface area contributed by atoms with Gasteiger partial charge in [0.1, 0.15) is 0 Å². The zero-order valence-electron chi connectivity index (χ0n) is 11.2. The second-order valence-electron chi connectivity index (χ2n) is 5.03. The maximum absolute atomic E-state index is 11.6. The number of anilines is 1. The number of sulfonamides is 1. The first-order valence-corrected chi connectivity index (χ1v) is 8.03. The molecule has 0 atom stereocenters. The Hall–Kier alpha value is -2.15. The van der Waals surface area contributed by atoms with Crippen LogP contribution in [0.4, 0.5) is 5.69 Å². The first kappa shape index (κ1) is 13.8. The van der Waals surface area contributed by atoms with Crippen LogP contribution in [-0.4, -0.2) is 38.3 Å². The highest BCUT2D eigenvalue weighted by molar-refractivity contribution is 7.95. The van der Waals surface area contributed by atoms with Crippen LogP contribution in [0.1, 0.15) is 12.0 Å². The standard InChI is InChI=1S/C14H14N2O4S/c17-14(18)13-8-11(15-21(13,19)20)9-16-7-3-5-10-4-1-2-6-12(10)16/h1-2,4,6,8H,3,5,7,9H2,(H,17,18). The van der Waals surface area contributed by atoms with Crippen molar-refractivity contribution in [2.45, 2.75) is 12.8 Å². The van der Waals surface area contributed by atoms with Crippen LogP contribution >= 0.6 is 0 Å². The predicted molar refractivity (Wildman–Crippen MR) is 79.0 cm³/mol. The monoisotopic (exact) mass is 306 g/mol. The minimum absolute atomic E-state index is 0.268. The van der Waals surface area contributed by atoms with Gasteiger partial charge in [-0.05, 0) is 30.5 Å². The molecule has 0 unspecified atom stereocenters. The minimum Gasteiger partial charge on any atom is -0.477 e. The molecule has 2 heterocycles. The Morgan fingerprint density at radius 3 is 2.81 bits per heavy atom. The smallest absolute Gasteiger partial charge is 0.349 e. The highest BCUT2D eigenvalue weighted by Gasteiger charge is 2.31. The maximum Gasteiger partial charge on any atom is 0.349 e. The van der Waals surface area contributed by atoms with Crippen molar-refractivity contribution in [2.24, 2.45) is 4.40 Å². The summed E-state index contributed by atoms with van der Waals surface area (Å²) in [6.07, 6.45) is 3.12. The van der Waals surface area contributed by atoms with E-state index in [0.29, 0.717) is 6.54 Å². The molecular weight excluding hydrogens is 292 g/mol. The lowest BCUT2D eigenvalue weighted by molar-refractivity contribution is -0.131. The van der Waals surface area contributed by atoms with Crippen LogP contribution in [0.25, 0.3) is 0 Å². The van der Waals surface area contributed by atoms with E-state index in [9.17, 15) is 13.2 Å². The first-order valence-electron chi connectivity index (χ1n) is 6.59. The van der Waals surface area contributed by atoms with E-state index < -0.39 is 20.9 Å². The molecule has 0 spiro atoms. The van der Waals surface area contributed by atoms with Crippen molar-refractivity contribution in [3.63, 3.8) is 0 Å². The van der Waals surface area contributed by atoms with Gasteiger partial charge >= 0.3 is 5.97 Å². The number of benzene rings is 1. The van der Waals surface area contributed by atoms with E-state index >= 15 is 0 Å². The lowest BCUT2D eigenvalue weighted by Gasteiger charge is -2.30. The molecule has 0 bridgehead atoms. The van der Waals surface area contributed by atoms with E-state index in [4.69, 9.17) is 5.11 Å². The molecule has 2 aliphatic heterocycles. The topological polar surface area (TPSA) is 87.0 Å². The molecule has 0 aromatic heterocycles. The maximum atomic E-state index is 11.6. The molecule has 0 saturated heterocycles. The van der Waals surface area contributed by atoms with Crippen molar-refractivity contribution in [1.29, 1.82) is 0 Å². The number of hydrogen-bond acceptors (Lipinski definition) is 4. The molecule has 110 valence electrons. The van der Waals surface area contributed by atoms with Crippen molar-refractivity contribution in [3.05, 3.63) is 40.8 Å². The van der Waals surface area contributed by atoms with E-state index in [1.165, 1.54) is 5.56 Å². The van der Waals surface area contributed by atoms with Crippen LogP contribution in [0.15, 0.2) is 39.6 Å². The Labute approximate surface area is 122 Å². The van der Waals surface area contributed by atoms with Crippen molar-refractivity contribution >= 4 is 27.4 Å². The van der Waals surface area contributed by atoms with E-state index in [2.05, 4.69) is 4.40 Å². The van der Waals surface area contributed by atoms with Gasteiger partial charge in [0.2, 0.25) is 0 Å². The fraction of sp³-hybridized carbons (Fsp3) is 0.286. The summed E-state index contributed by atoms with van der Waals surface area (Å²) in [7, 11) is -4.04. The molecule has 1 N–H and O–H groups in total. The summed E-state index contributed by atoms with van der Waals surface area (Å²) in [5, 5.41) is 8.90. The Morgan fingerprint density at radius 1 is 1.33 bits per heavy atom. The van der Waals surface area contributed by atoms with Crippen molar-refractivity contribution in [3.8, 4) is 0 Å². The summed E-state index contributed by atoms with van der Waals surface area (Å²) in [6.45, 7) is 1.10. The summed E-state index contributed by atoms with van der Waals surface area (Å²) in [5.41, 5.74) is 2.54. The van der Waals surface area contributed by atoms with Crippen LogP contribution in [-0.2, 0) is 21.2 Å². The molecule has 7 heteroatoms. The largest absolute Gasteiger partial charge is 0.477 e. The van der Waals surface area contributed by atoms with Gasteiger partial charge in [0, 0.05) is 12.2 Å². The molecule has 0 radical (unpaired) electrons. The second kappa shape index (κ2) is 5.00. The molecule has 1 aromatic carbocycles. The number of fused-ring (bicyclic) bond motifs is 1. The Balaban J connectivity index is 1.88. The zero-order chi connectivity index (χ0) is 15.0. The third kappa shape index (κ3) is 2.56. The molecule has 0 amide bonds. The number of para-hydroxylation sites is 1. The van der Waals surface area contributed by atoms with Gasteiger partial charge in [-0.1, -0.05) is 18.2 Å². The molecule has 21 heavy (non-hydrogen) atoms. The third-order valence-electron chi connectivity index (χ3n) is 3.58. The first-order chi connectivity index (χ1) is 9.97. The number of rotatable bonds is 3. The highest BCUT2D eigenvalue weighted by atomic mass is 32.2. The quantitative estimate of drug-likeness (QED) is 0.906. The van der Waals surface area contributed by atoms with Gasteiger partial charge in [-0.3, -0.25) is 0 Å². The lowest BCUT2D eigenvalue weighted by atomic mass is 10.0. The average molecular weight is 306 g/mol. The van der Waals surface area contributed by atoms with Crippen molar-refractivity contribution in [2.75, 3.05) is 18.0 Å². The van der Waals surface area contributed by atoms with E-state index in [0.717, 1.165) is 31.1 Å². The summed E-state index contributed by atoms with van der Waals surface area (Å²) in [5.74, 6) is -1.47. The van der Waals surface area contributed by atoms with Gasteiger partial charge in [0.15, 0.2) is 4.91 Å². The Bertz CT molecular complexity index is 765. The van der Waals surface area contributed by atoms with Crippen LogP contribution in [0, 0.1) is 0 Å². The lowest BCUT2D eigenvalue weighted by Crippen LogP contribution is -2.33. The average Bonchev–Trinajstić information content (AvgIpc) is 2.74. The van der Waals surface area contributed by atoms with E-state index in [1.54, 1.807) is 0 Å². The predicted octanol–water partition coefficient (Wildman–Crippen LogP) is 1.19. The second-order valence-corrected chi connectivity index (χ2v) is 6.60. The SMILES string of the molecule is O=C(O)C1=CC(CN2CCCc3ccccc32)=NS1(=O)=O. The molecule has 0 fully saturated rings. The van der Waals surface area contributed by atoms with Gasteiger partial charge in [0.05, 0.1) is 12.3 Å². The van der Waals surface area contributed by atoms with Crippen molar-refractivity contribution in [1.82, 2.24) is 0 Å². The van der Waals surface area contributed by atoms with E-state index in [1.807, 2.05) is 29.2 Å². The fourth-order valence-corrected chi connectivity index (χ4v) is 3.70. The minimum atomic E-state index is -4.04. The normalized spacial score (nSPS) is 19.7. The van der Waals surface area contributed by atoms with Crippen LogP contribution in [0.2, 0.25) is 0 Å². The van der Waals surface area contributed by atoms with E-state index in [-0.39, 0.29) is 5.71 Å². The van der Waals surface area contributed by atoms with Crippen molar-refractivity contribution < 1.29 is 18.3 Å². The third-order valence-corrected chi connectivity index (χ3v) is 4.91. The summed E-state index contributed by atoms with van der Waals surface area (Å²) in [4.78, 5) is 12.3. The number of hydrogen-bond donors (Lipinski definition) is 1.